The molecule has 0 aromatic rings. The molecular weight excluding hydrogens is 136 g/mol. The van der Waals surface area contributed by atoms with E-state index >= 15 is 0 Å². The molecule has 0 aliphatic carbocycles. The van der Waals surface area contributed by atoms with Crippen molar-refractivity contribution in [3.63, 3.8) is 0 Å². The minimum Gasteiger partial charge on any atom is -0.370 e. The van der Waals surface area contributed by atoms with Crippen molar-refractivity contribution in [1.82, 2.24) is 10.2 Å². The summed E-state index contributed by atoms with van der Waals surface area (Å²) in [6.45, 7) is 11.8. The second-order valence-corrected chi connectivity index (χ2v) is 2.79. The smallest absolute Gasteiger partial charge is 0.0999 e. The minimum absolute atomic E-state index is 0.305. The van der Waals surface area contributed by atoms with Gasteiger partial charge in [0.2, 0.25) is 0 Å². The second-order valence-electron chi connectivity index (χ2n) is 2.79. The highest BCUT2D eigenvalue weighted by Crippen LogP contribution is 2.16. The number of allylic oxidation sites excluding steroid dienone is 1. The number of hydrogen-bond donors (Lipinski definition) is 1. The average Bonchev–Trinajstić information content (AvgIpc) is 2.33. The molecule has 0 aromatic carbocycles. The Bertz CT molecular complexity index is 216. The average molecular weight is 150 g/mol. The van der Waals surface area contributed by atoms with Crippen LogP contribution in [-0.4, -0.2) is 11.1 Å². The van der Waals surface area contributed by atoms with E-state index < -0.39 is 0 Å². The number of nitrogens with one attached hydrogen (secondary N) is 1. The van der Waals surface area contributed by atoms with Gasteiger partial charge in [0, 0.05) is 18.1 Å². The van der Waals surface area contributed by atoms with Gasteiger partial charge in [-0.2, -0.15) is 0 Å². The normalized spacial score (nSPS) is 21.6. The third kappa shape index (κ3) is 1.45. The summed E-state index contributed by atoms with van der Waals surface area (Å²) in [5, 5.41) is 3.15. The summed E-state index contributed by atoms with van der Waals surface area (Å²) in [5.74, 6) is 0. The van der Waals surface area contributed by atoms with Crippen molar-refractivity contribution in [3.05, 3.63) is 36.8 Å². The molecule has 1 unspecified atom stereocenters. The zero-order valence-electron chi connectivity index (χ0n) is 7.09. The predicted molar refractivity (Wildman–Crippen MR) is 47.5 cm³/mol. The Hall–Kier alpha value is -1.18. The first-order valence-corrected chi connectivity index (χ1v) is 3.69. The molecule has 0 aromatic heterocycles. The molecule has 2 heteroatoms. The molecular formula is C9H14N2. The molecule has 0 saturated heterocycles. The van der Waals surface area contributed by atoms with E-state index in [1.54, 1.807) is 0 Å². The third-order valence-corrected chi connectivity index (χ3v) is 1.79. The standard InChI is InChI=1S/C9H14N2/c1-7(2)8(3)11-6-5-10-9(11)4/h5-6,9-10H,1,3H2,2,4H3. The van der Waals surface area contributed by atoms with Gasteiger partial charge >= 0.3 is 0 Å². The van der Waals surface area contributed by atoms with Gasteiger partial charge in [-0.1, -0.05) is 13.2 Å². The second kappa shape index (κ2) is 2.82. The van der Waals surface area contributed by atoms with Crippen LogP contribution in [0.25, 0.3) is 0 Å². The fourth-order valence-electron chi connectivity index (χ4n) is 1.02. The predicted octanol–water partition coefficient (Wildman–Crippen LogP) is 1.80. The molecule has 1 N–H and O–H groups in total. The first-order chi connectivity index (χ1) is 5.13. The van der Waals surface area contributed by atoms with Gasteiger partial charge in [0.05, 0.1) is 6.17 Å². The summed E-state index contributed by atoms with van der Waals surface area (Å²) in [5.41, 5.74) is 1.98. The molecule has 0 amide bonds. The van der Waals surface area contributed by atoms with Crippen LogP contribution in [0.15, 0.2) is 36.8 Å². The van der Waals surface area contributed by atoms with Gasteiger partial charge in [0.1, 0.15) is 0 Å². The Morgan fingerprint density at radius 1 is 1.55 bits per heavy atom. The molecule has 0 saturated carbocycles. The van der Waals surface area contributed by atoms with Crippen LogP contribution in [0.1, 0.15) is 13.8 Å². The van der Waals surface area contributed by atoms with Gasteiger partial charge in [-0.15, -0.1) is 0 Å². The Balaban J connectivity index is 2.67. The summed E-state index contributed by atoms with van der Waals surface area (Å²) in [6.07, 6.45) is 4.19. The molecule has 0 fully saturated rings. The maximum Gasteiger partial charge on any atom is 0.0999 e. The van der Waals surface area contributed by atoms with Gasteiger partial charge in [0.25, 0.3) is 0 Å². The van der Waals surface area contributed by atoms with Crippen LogP contribution in [0.2, 0.25) is 0 Å². The van der Waals surface area contributed by atoms with Crippen LogP contribution in [0.3, 0.4) is 0 Å². The first kappa shape index (κ1) is 7.92. The van der Waals surface area contributed by atoms with Crippen molar-refractivity contribution < 1.29 is 0 Å². The van der Waals surface area contributed by atoms with Crippen molar-refractivity contribution in [2.45, 2.75) is 20.0 Å². The summed E-state index contributed by atoms with van der Waals surface area (Å²) < 4.78 is 0. The summed E-state index contributed by atoms with van der Waals surface area (Å²) in [6, 6.07) is 0. The van der Waals surface area contributed by atoms with Crippen LogP contribution < -0.4 is 5.32 Å². The van der Waals surface area contributed by atoms with E-state index in [4.69, 9.17) is 0 Å². The molecule has 11 heavy (non-hydrogen) atoms. The van der Waals surface area contributed by atoms with E-state index in [0.717, 1.165) is 11.3 Å². The minimum atomic E-state index is 0.305. The molecule has 0 spiro atoms. The third-order valence-electron chi connectivity index (χ3n) is 1.79. The van der Waals surface area contributed by atoms with Crippen LogP contribution in [0.5, 0.6) is 0 Å². The molecule has 1 heterocycles. The molecule has 0 radical (unpaired) electrons. The number of hydrogen-bond acceptors (Lipinski definition) is 2. The van der Waals surface area contributed by atoms with E-state index in [9.17, 15) is 0 Å². The van der Waals surface area contributed by atoms with Crippen molar-refractivity contribution >= 4 is 0 Å². The number of nitrogens with zero attached hydrogens (tertiary/aromatic N) is 1. The fourth-order valence-corrected chi connectivity index (χ4v) is 1.02. The van der Waals surface area contributed by atoms with E-state index in [0.29, 0.717) is 6.17 Å². The Labute approximate surface area is 67.9 Å². The highest BCUT2D eigenvalue weighted by atomic mass is 15.3. The monoisotopic (exact) mass is 150 g/mol. The van der Waals surface area contributed by atoms with Crippen LogP contribution >= 0.6 is 0 Å². The molecule has 1 aliphatic rings. The molecule has 60 valence electrons. The lowest BCUT2D eigenvalue weighted by molar-refractivity contribution is 0.371. The fraction of sp³-hybridized carbons (Fsp3) is 0.333. The van der Waals surface area contributed by atoms with E-state index in [1.165, 1.54) is 0 Å². The SMILES string of the molecule is C=C(C)C(=C)N1C=CNC1C. The zero-order valence-corrected chi connectivity index (χ0v) is 7.09. The van der Waals surface area contributed by atoms with Gasteiger partial charge in [-0.3, -0.25) is 0 Å². The van der Waals surface area contributed by atoms with Crippen molar-refractivity contribution in [3.8, 4) is 0 Å². The maximum absolute atomic E-state index is 3.92. The molecule has 1 atom stereocenters. The van der Waals surface area contributed by atoms with Crippen LogP contribution in [-0.2, 0) is 0 Å². The lowest BCUT2D eigenvalue weighted by Crippen LogP contribution is -2.31. The lowest BCUT2D eigenvalue weighted by atomic mass is 10.2. The van der Waals surface area contributed by atoms with Crippen LogP contribution in [0, 0.1) is 0 Å². The number of rotatable bonds is 2. The van der Waals surface area contributed by atoms with E-state index in [1.807, 2.05) is 19.3 Å². The van der Waals surface area contributed by atoms with Gasteiger partial charge in [-0.25, -0.2) is 0 Å². The lowest BCUT2D eigenvalue weighted by Gasteiger charge is -2.24. The van der Waals surface area contributed by atoms with Crippen LogP contribution in [0.4, 0.5) is 0 Å². The topological polar surface area (TPSA) is 15.3 Å². The van der Waals surface area contributed by atoms with E-state index in [2.05, 4.69) is 30.3 Å². The molecule has 1 aliphatic heterocycles. The summed E-state index contributed by atoms with van der Waals surface area (Å²) in [4.78, 5) is 2.06. The quantitative estimate of drug-likeness (QED) is 0.604. The van der Waals surface area contributed by atoms with Gasteiger partial charge in [0.15, 0.2) is 0 Å². The highest BCUT2D eigenvalue weighted by Gasteiger charge is 2.15. The van der Waals surface area contributed by atoms with Crippen molar-refractivity contribution in [2.75, 3.05) is 0 Å². The largest absolute Gasteiger partial charge is 0.370 e. The van der Waals surface area contributed by atoms with Gasteiger partial charge < -0.3 is 10.2 Å². The highest BCUT2D eigenvalue weighted by molar-refractivity contribution is 5.25. The molecule has 0 bridgehead atoms. The van der Waals surface area contributed by atoms with Crippen molar-refractivity contribution in [1.29, 1.82) is 0 Å². The maximum atomic E-state index is 3.92. The Morgan fingerprint density at radius 3 is 2.55 bits per heavy atom. The Morgan fingerprint density at radius 2 is 2.18 bits per heavy atom. The Kier molecular flexibility index (Phi) is 2.03. The van der Waals surface area contributed by atoms with Crippen molar-refractivity contribution in [2.24, 2.45) is 0 Å². The summed E-state index contributed by atoms with van der Waals surface area (Å²) >= 11 is 0. The molecule has 2 nitrogen and oxygen atoms in total. The molecule has 1 rings (SSSR count). The van der Waals surface area contributed by atoms with Gasteiger partial charge in [-0.05, 0) is 19.4 Å². The summed E-state index contributed by atoms with van der Waals surface area (Å²) in [7, 11) is 0. The first-order valence-electron chi connectivity index (χ1n) is 3.69. The zero-order chi connectivity index (χ0) is 8.43. The van der Waals surface area contributed by atoms with E-state index in [-0.39, 0.29) is 0 Å².